The molecule has 3 heterocycles. The van der Waals surface area contributed by atoms with Gasteiger partial charge in [0.2, 0.25) is 10.0 Å². The summed E-state index contributed by atoms with van der Waals surface area (Å²) in [5, 5.41) is 3.10. The molecule has 1 N–H and O–H groups in total. The Morgan fingerprint density at radius 1 is 1.29 bits per heavy atom. The van der Waals surface area contributed by atoms with Gasteiger partial charge in [0, 0.05) is 42.0 Å². The number of halogens is 1. The van der Waals surface area contributed by atoms with Gasteiger partial charge in [0.1, 0.15) is 5.82 Å². The molecule has 1 atom stereocenters. The van der Waals surface area contributed by atoms with E-state index in [1.165, 1.54) is 21.0 Å². The molecule has 3 aromatic rings. The molecule has 1 aliphatic rings. The SMILES string of the molecule is CCc1c(C)nc2cc(C3CCN(S(=O)(=O)c4ccc(F)cc4)C3)[nH]n2c1=O. The molecule has 28 heavy (non-hydrogen) atoms. The number of nitrogens with zero attached hydrogens (tertiary/aromatic N) is 3. The molecule has 1 aromatic carbocycles. The third-order valence-corrected chi connectivity index (χ3v) is 7.21. The van der Waals surface area contributed by atoms with Gasteiger partial charge in [-0.25, -0.2) is 22.3 Å². The number of benzene rings is 1. The average molecular weight is 404 g/mol. The average Bonchev–Trinajstić information content (AvgIpc) is 3.29. The number of H-pyrrole nitrogens is 1. The fraction of sp³-hybridized carbons (Fsp3) is 0.368. The summed E-state index contributed by atoms with van der Waals surface area (Å²) in [7, 11) is -3.68. The van der Waals surface area contributed by atoms with Gasteiger partial charge < -0.3 is 0 Å². The highest BCUT2D eigenvalue weighted by Gasteiger charge is 2.34. The third kappa shape index (κ3) is 3.04. The number of sulfonamides is 1. The Morgan fingerprint density at radius 2 is 2.00 bits per heavy atom. The van der Waals surface area contributed by atoms with Crippen LogP contribution >= 0.6 is 0 Å². The van der Waals surface area contributed by atoms with E-state index in [4.69, 9.17) is 0 Å². The van der Waals surface area contributed by atoms with Crippen LogP contribution in [0.25, 0.3) is 5.65 Å². The maximum Gasteiger partial charge on any atom is 0.276 e. The van der Waals surface area contributed by atoms with Crippen molar-refractivity contribution in [3.8, 4) is 0 Å². The molecule has 4 rings (SSSR count). The molecule has 0 bridgehead atoms. The van der Waals surface area contributed by atoms with Crippen molar-refractivity contribution in [3.63, 3.8) is 0 Å². The summed E-state index contributed by atoms with van der Waals surface area (Å²) in [6.07, 6.45) is 1.23. The molecular formula is C19H21FN4O3S. The van der Waals surface area contributed by atoms with Crippen LogP contribution in [-0.2, 0) is 16.4 Å². The molecule has 1 aliphatic heterocycles. The van der Waals surface area contributed by atoms with Gasteiger partial charge in [-0.2, -0.15) is 4.31 Å². The summed E-state index contributed by atoms with van der Waals surface area (Å²) in [6.45, 7) is 4.39. The lowest BCUT2D eigenvalue weighted by molar-refractivity contribution is 0.471. The summed E-state index contributed by atoms with van der Waals surface area (Å²) in [6, 6.07) is 6.65. The van der Waals surface area contributed by atoms with Gasteiger partial charge in [-0.15, -0.1) is 0 Å². The van der Waals surface area contributed by atoms with E-state index in [0.717, 1.165) is 17.8 Å². The van der Waals surface area contributed by atoms with Gasteiger partial charge in [-0.3, -0.25) is 9.89 Å². The smallest absolute Gasteiger partial charge is 0.276 e. The van der Waals surface area contributed by atoms with E-state index >= 15 is 0 Å². The topological polar surface area (TPSA) is 87.5 Å². The number of rotatable bonds is 4. The number of nitrogens with one attached hydrogen (secondary N) is 1. The highest BCUT2D eigenvalue weighted by atomic mass is 32.2. The van der Waals surface area contributed by atoms with E-state index in [2.05, 4.69) is 10.1 Å². The molecule has 9 heteroatoms. The summed E-state index contributed by atoms with van der Waals surface area (Å²) < 4.78 is 41.5. The van der Waals surface area contributed by atoms with Crippen LogP contribution < -0.4 is 5.56 Å². The Labute approximate surface area is 161 Å². The van der Waals surface area contributed by atoms with Gasteiger partial charge in [0.25, 0.3) is 5.56 Å². The highest BCUT2D eigenvalue weighted by Crippen LogP contribution is 2.30. The highest BCUT2D eigenvalue weighted by molar-refractivity contribution is 7.89. The lowest BCUT2D eigenvalue weighted by Crippen LogP contribution is -2.28. The molecule has 0 radical (unpaired) electrons. The molecule has 1 unspecified atom stereocenters. The van der Waals surface area contributed by atoms with Crippen LogP contribution in [0.15, 0.2) is 40.0 Å². The molecule has 0 amide bonds. The van der Waals surface area contributed by atoms with Crippen molar-refractivity contribution in [3.05, 3.63) is 63.5 Å². The van der Waals surface area contributed by atoms with Gasteiger partial charge in [0.05, 0.1) is 4.90 Å². The first kappa shape index (κ1) is 18.8. The van der Waals surface area contributed by atoms with E-state index in [1.807, 2.05) is 19.9 Å². The predicted molar refractivity (Wildman–Crippen MR) is 102 cm³/mol. The van der Waals surface area contributed by atoms with E-state index in [0.29, 0.717) is 42.8 Å². The van der Waals surface area contributed by atoms with E-state index in [1.54, 1.807) is 0 Å². The first-order valence-electron chi connectivity index (χ1n) is 9.18. The number of hydrogen-bond donors (Lipinski definition) is 1. The molecular weight excluding hydrogens is 383 g/mol. The molecule has 0 aliphatic carbocycles. The second kappa shape index (κ2) is 6.82. The van der Waals surface area contributed by atoms with Crippen molar-refractivity contribution < 1.29 is 12.8 Å². The van der Waals surface area contributed by atoms with Crippen LogP contribution in [-0.4, -0.2) is 40.4 Å². The Hall–Kier alpha value is -2.52. The van der Waals surface area contributed by atoms with Crippen LogP contribution in [0.1, 0.15) is 36.2 Å². The van der Waals surface area contributed by atoms with Gasteiger partial charge in [-0.05, 0) is 44.0 Å². The second-order valence-corrected chi connectivity index (χ2v) is 8.98. The predicted octanol–water partition coefficient (Wildman–Crippen LogP) is 2.21. The van der Waals surface area contributed by atoms with E-state index < -0.39 is 15.8 Å². The molecule has 7 nitrogen and oxygen atoms in total. The maximum absolute atomic E-state index is 13.1. The Kier molecular flexibility index (Phi) is 4.59. The first-order chi connectivity index (χ1) is 13.3. The fourth-order valence-electron chi connectivity index (χ4n) is 3.76. The lowest BCUT2D eigenvalue weighted by Gasteiger charge is -2.16. The fourth-order valence-corrected chi connectivity index (χ4v) is 5.26. The summed E-state index contributed by atoms with van der Waals surface area (Å²) in [4.78, 5) is 17.2. The number of aromatic nitrogens is 3. The lowest BCUT2D eigenvalue weighted by atomic mass is 10.1. The Bertz CT molecular complexity index is 1200. The summed E-state index contributed by atoms with van der Waals surface area (Å²) >= 11 is 0. The Morgan fingerprint density at radius 3 is 2.68 bits per heavy atom. The van der Waals surface area contributed by atoms with Gasteiger partial charge >= 0.3 is 0 Å². The van der Waals surface area contributed by atoms with Gasteiger partial charge in [-0.1, -0.05) is 6.92 Å². The quantitative estimate of drug-likeness (QED) is 0.722. The first-order valence-corrected chi connectivity index (χ1v) is 10.6. The molecule has 2 aromatic heterocycles. The van der Waals surface area contributed by atoms with Crippen LogP contribution in [0, 0.1) is 12.7 Å². The zero-order chi connectivity index (χ0) is 20.1. The minimum absolute atomic E-state index is 0.0679. The van der Waals surface area contributed by atoms with Gasteiger partial charge in [0.15, 0.2) is 5.65 Å². The molecule has 0 spiro atoms. The normalized spacial score (nSPS) is 18.2. The van der Waals surface area contributed by atoms with Crippen LogP contribution in [0.5, 0.6) is 0 Å². The largest absolute Gasteiger partial charge is 0.293 e. The zero-order valence-corrected chi connectivity index (χ0v) is 16.5. The maximum atomic E-state index is 13.1. The molecule has 1 fully saturated rings. The molecule has 0 saturated carbocycles. The van der Waals surface area contributed by atoms with Crippen molar-refractivity contribution in [1.82, 2.24) is 18.9 Å². The number of fused-ring (bicyclic) bond motifs is 1. The number of aromatic amines is 1. The van der Waals surface area contributed by atoms with Crippen molar-refractivity contribution in [1.29, 1.82) is 0 Å². The van der Waals surface area contributed by atoms with E-state index in [9.17, 15) is 17.6 Å². The summed E-state index contributed by atoms with van der Waals surface area (Å²) in [5.74, 6) is -0.544. The molecule has 148 valence electrons. The van der Waals surface area contributed by atoms with Crippen molar-refractivity contribution in [2.75, 3.05) is 13.1 Å². The minimum atomic E-state index is -3.68. The monoisotopic (exact) mass is 404 g/mol. The Balaban J connectivity index is 1.63. The molecule has 1 saturated heterocycles. The standard InChI is InChI=1S/C19H21FN4O3S/c1-3-16-12(2)21-18-10-17(22-24(18)19(16)25)13-8-9-23(11-13)28(26,27)15-6-4-14(20)5-7-15/h4-7,10,13,22H,3,8-9,11H2,1-2H3. The zero-order valence-electron chi connectivity index (χ0n) is 15.6. The minimum Gasteiger partial charge on any atom is -0.293 e. The van der Waals surface area contributed by atoms with Crippen molar-refractivity contribution >= 4 is 15.7 Å². The third-order valence-electron chi connectivity index (χ3n) is 5.33. The van der Waals surface area contributed by atoms with Crippen LogP contribution in [0.2, 0.25) is 0 Å². The van der Waals surface area contributed by atoms with Crippen molar-refractivity contribution in [2.45, 2.75) is 37.5 Å². The van der Waals surface area contributed by atoms with Crippen molar-refractivity contribution in [2.24, 2.45) is 0 Å². The van der Waals surface area contributed by atoms with Crippen LogP contribution in [0.4, 0.5) is 4.39 Å². The van der Waals surface area contributed by atoms with E-state index in [-0.39, 0.29) is 16.4 Å². The number of aryl methyl sites for hydroxylation is 1. The van der Waals surface area contributed by atoms with Crippen LogP contribution in [0.3, 0.4) is 0 Å². The summed E-state index contributed by atoms with van der Waals surface area (Å²) in [5.41, 5.74) is 2.58. The second-order valence-electron chi connectivity index (χ2n) is 7.04. The number of hydrogen-bond acceptors (Lipinski definition) is 4.